The molecule has 0 spiro atoms. The van der Waals surface area contributed by atoms with Crippen LogP contribution in [-0.2, 0) is 6.54 Å². The molecular formula is C18H22N2O. The lowest BCUT2D eigenvalue weighted by atomic mass is 10.0. The molecule has 3 heteroatoms. The second-order valence-corrected chi connectivity index (χ2v) is 5.82. The van der Waals surface area contributed by atoms with Crippen LogP contribution in [0.4, 0.5) is 5.69 Å². The third-order valence-electron chi connectivity index (χ3n) is 4.02. The van der Waals surface area contributed by atoms with Crippen LogP contribution in [0.2, 0.25) is 0 Å². The van der Waals surface area contributed by atoms with Gasteiger partial charge in [-0.2, -0.15) is 0 Å². The fourth-order valence-electron chi connectivity index (χ4n) is 2.78. The smallest absolute Gasteiger partial charge is 0.250 e. The second-order valence-electron chi connectivity index (χ2n) is 5.82. The largest absolute Gasteiger partial charge is 0.377 e. The lowest BCUT2D eigenvalue weighted by Crippen LogP contribution is -2.20. The third kappa shape index (κ3) is 3.35. The lowest BCUT2D eigenvalue weighted by molar-refractivity contribution is 0.646. The van der Waals surface area contributed by atoms with Crippen molar-refractivity contribution in [3.8, 4) is 0 Å². The molecule has 1 N–H and O–H groups in total. The molecule has 1 fully saturated rings. The molecule has 110 valence electrons. The molecule has 1 atom stereocenters. The number of rotatable bonds is 6. The van der Waals surface area contributed by atoms with Crippen molar-refractivity contribution >= 4 is 5.69 Å². The summed E-state index contributed by atoms with van der Waals surface area (Å²) in [5.74, 6) is 0.707. The van der Waals surface area contributed by atoms with Gasteiger partial charge in [0.05, 0.1) is 11.7 Å². The minimum atomic E-state index is 0.0742. The van der Waals surface area contributed by atoms with E-state index in [4.69, 9.17) is 0 Å². The molecule has 21 heavy (non-hydrogen) atoms. The highest BCUT2D eigenvalue weighted by Gasteiger charge is 2.32. The van der Waals surface area contributed by atoms with Gasteiger partial charge in [0.15, 0.2) is 0 Å². The number of benzene rings is 1. The third-order valence-corrected chi connectivity index (χ3v) is 4.02. The van der Waals surface area contributed by atoms with E-state index in [9.17, 15) is 4.79 Å². The number of nitrogens with one attached hydrogen (secondary N) is 1. The summed E-state index contributed by atoms with van der Waals surface area (Å²) < 4.78 is 1.79. The quantitative estimate of drug-likeness (QED) is 0.874. The number of hydrogen-bond acceptors (Lipinski definition) is 2. The van der Waals surface area contributed by atoms with E-state index in [1.807, 2.05) is 12.3 Å². The van der Waals surface area contributed by atoms with Gasteiger partial charge in [0.1, 0.15) is 0 Å². The summed E-state index contributed by atoms with van der Waals surface area (Å²) in [6.07, 6.45) is 5.47. The van der Waals surface area contributed by atoms with Crippen LogP contribution in [0.3, 0.4) is 0 Å². The van der Waals surface area contributed by atoms with Crippen molar-refractivity contribution < 1.29 is 0 Å². The molecule has 2 aromatic rings. The molecule has 0 amide bonds. The second kappa shape index (κ2) is 6.17. The maximum absolute atomic E-state index is 11.8. The Morgan fingerprint density at radius 3 is 2.62 bits per heavy atom. The van der Waals surface area contributed by atoms with Crippen LogP contribution in [0.25, 0.3) is 0 Å². The van der Waals surface area contributed by atoms with E-state index >= 15 is 0 Å². The molecule has 0 bridgehead atoms. The number of hydrogen-bond donors (Lipinski definition) is 1. The van der Waals surface area contributed by atoms with Crippen molar-refractivity contribution in [3.63, 3.8) is 0 Å². The van der Waals surface area contributed by atoms with E-state index < -0.39 is 0 Å². The first kappa shape index (κ1) is 13.9. The van der Waals surface area contributed by atoms with Crippen molar-refractivity contribution in [1.29, 1.82) is 0 Å². The average molecular weight is 282 g/mol. The summed E-state index contributed by atoms with van der Waals surface area (Å²) in [6, 6.07) is 14.5. The highest BCUT2D eigenvalue weighted by Crippen LogP contribution is 2.42. The Labute approximate surface area is 125 Å². The molecule has 1 unspecified atom stereocenters. The fourth-order valence-corrected chi connectivity index (χ4v) is 2.78. The van der Waals surface area contributed by atoms with E-state index in [1.165, 1.54) is 18.4 Å². The molecule has 3 nitrogen and oxygen atoms in total. The van der Waals surface area contributed by atoms with Gasteiger partial charge >= 0.3 is 0 Å². The molecule has 0 saturated heterocycles. The van der Waals surface area contributed by atoms with Gasteiger partial charge in [-0.05, 0) is 36.8 Å². The Morgan fingerprint density at radius 2 is 1.95 bits per heavy atom. The molecule has 1 heterocycles. The Balaban J connectivity index is 1.83. The Morgan fingerprint density at radius 1 is 1.19 bits per heavy atom. The van der Waals surface area contributed by atoms with E-state index in [0.29, 0.717) is 12.0 Å². The zero-order valence-electron chi connectivity index (χ0n) is 12.5. The summed E-state index contributed by atoms with van der Waals surface area (Å²) in [5.41, 5.74) is 2.43. The molecular weight excluding hydrogens is 260 g/mol. The van der Waals surface area contributed by atoms with Crippen molar-refractivity contribution in [2.75, 3.05) is 5.32 Å². The van der Waals surface area contributed by atoms with E-state index in [-0.39, 0.29) is 5.56 Å². The number of pyridine rings is 1. The number of anilines is 1. The zero-order valence-corrected chi connectivity index (χ0v) is 12.5. The maximum Gasteiger partial charge on any atom is 0.250 e. The maximum atomic E-state index is 11.8. The summed E-state index contributed by atoms with van der Waals surface area (Å²) in [5, 5.41) is 3.62. The summed E-state index contributed by atoms with van der Waals surface area (Å²) >= 11 is 0. The predicted octanol–water partition coefficient (Wildman–Crippen LogP) is 3.82. The lowest BCUT2D eigenvalue weighted by Gasteiger charge is -2.20. The van der Waals surface area contributed by atoms with Gasteiger partial charge in [-0.1, -0.05) is 37.3 Å². The Hall–Kier alpha value is -2.03. The number of aromatic nitrogens is 1. The minimum Gasteiger partial charge on any atom is -0.377 e. The van der Waals surface area contributed by atoms with Crippen molar-refractivity contribution in [1.82, 2.24) is 4.57 Å². The standard InChI is InChI=1S/C18H22N2O/c1-2-12-20-13-16(10-11-17(20)21)19-18(15-8-9-15)14-6-4-3-5-7-14/h3-7,10-11,13,15,18-19H,2,8-9,12H2,1H3. The van der Waals surface area contributed by atoms with Gasteiger partial charge in [0, 0.05) is 18.8 Å². The van der Waals surface area contributed by atoms with Crippen LogP contribution < -0.4 is 10.9 Å². The predicted molar refractivity (Wildman–Crippen MR) is 86.5 cm³/mol. The minimum absolute atomic E-state index is 0.0742. The van der Waals surface area contributed by atoms with Gasteiger partial charge in [-0.3, -0.25) is 4.79 Å². The fraction of sp³-hybridized carbons (Fsp3) is 0.389. The Kier molecular flexibility index (Phi) is 4.09. The van der Waals surface area contributed by atoms with Gasteiger partial charge in [-0.25, -0.2) is 0 Å². The monoisotopic (exact) mass is 282 g/mol. The summed E-state index contributed by atoms with van der Waals surface area (Å²) in [6.45, 7) is 2.86. The SMILES string of the molecule is CCCn1cc(NC(c2ccccc2)C2CC2)ccc1=O. The normalized spacial score (nSPS) is 15.7. The topological polar surface area (TPSA) is 34.0 Å². The number of nitrogens with zero attached hydrogens (tertiary/aromatic N) is 1. The first-order chi connectivity index (χ1) is 10.3. The first-order valence-electron chi connectivity index (χ1n) is 7.80. The van der Waals surface area contributed by atoms with Crippen LogP contribution in [0, 0.1) is 5.92 Å². The van der Waals surface area contributed by atoms with Crippen LogP contribution in [0.1, 0.15) is 37.8 Å². The zero-order chi connectivity index (χ0) is 14.7. The van der Waals surface area contributed by atoms with Gasteiger partial charge < -0.3 is 9.88 Å². The highest BCUT2D eigenvalue weighted by atomic mass is 16.1. The molecule has 0 aliphatic heterocycles. The van der Waals surface area contributed by atoms with E-state index in [2.05, 4.69) is 42.6 Å². The molecule has 1 saturated carbocycles. The van der Waals surface area contributed by atoms with Crippen molar-refractivity contribution in [2.45, 2.75) is 38.8 Å². The number of aryl methyl sites for hydroxylation is 1. The molecule has 1 aromatic carbocycles. The molecule has 1 aliphatic carbocycles. The van der Waals surface area contributed by atoms with Gasteiger partial charge in [0.25, 0.3) is 5.56 Å². The van der Waals surface area contributed by atoms with Crippen molar-refractivity contribution in [2.24, 2.45) is 5.92 Å². The van der Waals surface area contributed by atoms with E-state index in [0.717, 1.165) is 18.7 Å². The average Bonchev–Trinajstić information content (AvgIpc) is 3.34. The first-order valence-corrected chi connectivity index (χ1v) is 7.80. The van der Waals surface area contributed by atoms with Crippen LogP contribution in [-0.4, -0.2) is 4.57 Å². The molecule has 1 aromatic heterocycles. The Bertz CT molecular complexity index is 644. The van der Waals surface area contributed by atoms with Gasteiger partial charge in [0.2, 0.25) is 0 Å². The molecule has 0 radical (unpaired) electrons. The van der Waals surface area contributed by atoms with Crippen LogP contribution in [0.5, 0.6) is 0 Å². The summed E-state index contributed by atoms with van der Waals surface area (Å²) in [7, 11) is 0. The van der Waals surface area contributed by atoms with Crippen LogP contribution in [0.15, 0.2) is 53.5 Å². The molecule has 1 aliphatic rings. The molecule has 3 rings (SSSR count). The van der Waals surface area contributed by atoms with Crippen molar-refractivity contribution in [3.05, 3.63) is 64.6 Å². The highest BCUT2D eigenvalue weighted by molar-refractivity contribution is 5.44. The van der Waals surface area contributed by atoms with E-state index in [1.54, 1.807) is 10.6 Å². The summed E-state index contributed by atoms with van der Waals surface area (Å²) in [4.78, 5) is 11.8. The van der Waals surface area contributed by atoms with Crippen LogP contribution >= 0.6 is 0 Å². The van der Waals surface area contributed by atoms with Gasteiger partial charge in [-0.15, -0.1) is 0 Å².